The van der Waals surface area contributed by atoms with Crippen LogP contribution in [-0.4, -0.2) is 126 Å². The van der Waals surface area contributed by atoms with E-state index in [1.807, 2.05) is 0 Å². The molecular weight excluding hydrogens is 564 g/mol. The topological polar surface area (TPSA) is 251 Å². The molecule has 2 saturated heterocycles. The Morgan fingerprint density at radius 1 is 0.619 bits per heavy atom. The van der Waals surface area contributed by atoms with Crippen molar-refractivity contribution in [3.63, 3.8) is 0 Å². The smallest absolute Gasteiger partial charge is 0.402 e. The molecule has 0 aliphatic carbocycles. The van der Waals surface area contributed by atoms with Gasteiger partial charge in [-0.2, -0.15) is 0 Å². The summed E-state index contributed by atoms with van der Waals surface area (Å²) >= 11 is 0. The molecule has 3 heterocycles. The molecule has 42 heavy (non-hydrogen) atoms. The molecule has 15 nitrogen and oxygen atoms in total. The Bertz CT molecular complexity index is 1380. The van der Waals surface area contributed by atoms with Gasteiger partial charge < -0.3 is 70.0 Å². The maximum Gasteiger partial charge on any atom is 0.402 e. The molecule has 0 radical (unpaired) electrons. The third-order valence-corrected chi connectivity index (χ3v) is 7.11. The molecule has 0 spiro atoms. The third kappa shape index (κ3) is 5.67. The molecule has 2 aromatic carbocycles. The Morgan fingerprint density at radius 2 is 1.14 bits per heavy atom. The highest BCUT2D eigenvalue weighted by Crippen LogP contribution is 2.42. The first kappa shape index (κ1) is 30.1. The molecule has 0 bridgehead atoms. The SMILES string of the molecule is OC[C@H]1O[C@@H](Oc2cc3c(O[C@@H]4O[C@H](CO)[C@@H](O)[C@H](O)[C@H]4O)cc(O)cc3[o+]c2-c2ccc(O)cc2)[C@H](O)[C@@H](O)[C@@H]1O. The van der Waals surface area contributed by atoms with Crippen LogP contribution < -0.4 is 9.47 Å². The molecule has 228 valence electrons. The van der Waals surface area contributed by atoms with Crippen molar-refractivity contribution < 1.29 is 74.4 Å². The van der Waals surface area contributed by atoms with Gasteiger partial charge in [0.1, 0.15) is 71.5 Å². The van der Waals surface area contributed by atoms with Gasteiger partial charge in [0.15, 0.2) is 0 Å². The number of phenolic OH excluding ortho intramolecular Hbond substituents is 2. The van der Waals surface area contributed by atoms with Crippen molar-refractivity contribution in [1.82, 2.24) is 0 Å². The number of ether oxygens (including phenoxy) is 4. The first-order chi connectivity index (χ1) is 20.0. The largest absolute Gasteiger partial charge is 0.508 e. The van der Waals surface area contributed by atoms with Crippen LogP contribution in [0.3, 0.4) is 0 Å². The molecule has 0 saturated carbocycles. The van der Waals surface area contributed by atoms with Gasteiger partial charge in [0.25, 0.3) is 0 Å². The number of fused-ring (bicyclic) bond motifs is 1. The van der Waals surface area contributed by atoms with E-state index >= 15 is 0 Å². The van der Waals surface area contributed by atoms with Crippen molar-refractivity contribution >= 4 is 11.0 Å². The van der Waals surface area contributed by atoms with Crippen molar-refractivity contribution in [3.05, 3.63) is 42.5 Å². The minimum absolute atomic E-state index is 0.00357. The van der Waals surface area contributed by atoms with E-state index < -0.39 is 74.6 Å². The summed E-state index contributed by atoms with van der Waals surface area (Å²) in [6.45, 7) is -1.40. The summed E-state index contributed by atoms with van der Waals surface area (Å²) in [5.74, 6) is -0.673. The lowest BCUT2D eigenvalue weighted by Gasteiger charge is -2.39. The van der Waals surface area contributed by atoms with E-state index in [0.29, 0.717) is 5.56 Å². The Balaban J connectivity index is 1.59. The van der Waals surface area contributed by atoms with Crippen LogP contribution in [0.25, 0.3) is 22.3 Å². The van der Waals surface area contributed by atoms with E-state index in [4.69, 9.17) is 23.4 Å². The molecular formula is C27H31O15+. The van der Waals surface area contributed by atoms with Gasteiger partial charge in [-0.3, -0.25) is 0 Å². The molecule has 2 aliphatic rings. The summed E-state index contributed by atoms with van der Waals surface area (Å²) in [4.78, 5) is 0. The van der Waals surface area contributed by atoms with E-state index in [1.54, 1.807) is 0 Å². The Morgan fingerprint density at radius 3 is 1.67 bits per heavy atom. The lowest BCUT2D eigenvalue weighted by atomic mass is 9.99. The second-order valence-corrected chi connectivity index (χ2v) is 9.97. The number of hydrogen-bond acceptors (Lipinski definition) is 14. The van der Waals surface area contributed by atoms with E-state index in [2.05, 4.69) is 0 Å². The number of rotatable bonds is 7. The highest BCUT2D eigenvalue weighted by molar-refractivity contribution is 5.88. The molecule has 0 unspecified atom stereocenters. The zero-order valence-corrected chi connectivity index (χ0v) is 21.7. The van der Waals surface area contributed by atoms with Crippen LogP contribution in [0.15, 0.2) is 46.9 Å². The lowest BCUT2D eigenvalue weighted by Crippen LogP contribution is -2.60. The summed E-state index contributed by atoms with van der Waals surface area (Å²) < 4.78 is 28.6. The minimum Gasteiger partial charge on any atom is -0.508 e. The van der Waals surface area contributed by atoms with Gasteiger partial charge in [-0.1, -0.05) is 0 Å². The van der Waals surface area contributed by atoms with Crippen molar-refractivity contribution in [3.8, 4) is 34.3 Å². The van der Waals surface area contributed by atoms with Crippen LogP contribution in [0, 0.1) is 0 Å². The number of phenols is 2. The zero-order valence-electron chi connectivity index (χ0n) is 21.7. The number of hydrogen-bond donors (Lipinski definition) is 10. The number of benzene rings is 2. The summed E-state index contributed by atoms with van der Waals surface area (Å²) in [5.41, 5.74) is 0.368. The fourth-order valence-corrected chi connectivity index (χ4v) is 4.75. The van der Waals surface area contributed by atoms with Gasteiger partial charge in [-0.25, -0.2) is 4.42 Å². The van der Waals surface area contributed by atoms with Crippen molar-refractivity contribution in [2.45, 2.75) is 61.4 Å². The first-order valence-corrected chi connectivity index (χ1v) is 12.9. The molecule has 3 aromatic rings. The maximum absolute atomic E-state index is 10.6. The maximum atomic E-state index is 10.6. The molecule has 2 aliphatic heterocycles. The molecule has 10 N–H and O–H groups in total. The summed E-state index contributed by atoms with van der Waals surface area (Å²) in [5, 5.41) is 101. The Hall–Kier alpha value is -3.35. The average molecular weight is 596 g/mol. The first-order valence-electron chi connectivity index (χ1n) is 12.9. The summed E-state index contributed by atoms with van der Waals surface area (Å²) in [7, 11) is 0. The second-order valence-electron chi connectivity index (χ2n) is 9.97. The molecule has 1 aromatic heterocycles. The average Bonchev–Trinajstić information content (AvgIpc) is 2.98. The predicted octanol–water partition coefficient (Wildman–Crippen LogP) is -1.85. The quantitative estimate of drug-likeness (QED) is 0.135. The van der Waals surface area contributed by atoms with Gasteiger partial charge in [-0.05, 0) is 24.3 Å². The lowest BCUT2D eigenvalue weighted by molar-refractivity contribution is -0.277. The second kappa shape index (κ2) is 12.1. The van der Waals surface area contributed by atoms with E-state index in [9.17, 15) is 51.1 Å². The number of aliphatic hydroxyl groups excluding tert-OH is 8. The van der Waals surface area contributed by atoms with E-state index in [0.717, 1.165) is 6.07 Å². The van der Waals surface area contributed by atoms with Gasteiger partial charge in [0, 0.05) is 12.1 Å². The van der Waals surface area contributed by atoms with Gasteiger partial charge >= 0.3 is 11.3 Å². The Labute approximate surface area is 237 Å². The summed E-state index contributed by atoms with van der Waals surface area (Å²) in [6.07, 6.45) is -16.0. The zero-order chi connectivity index (χ0) is 30.3. The fraction of sp³-hybridized carbons (Fsp3) is 0.444. The van der Waals surface area contributed by atoms with Gasteiger partial charge in [-0.15, -0.1) is 0 Å². The van der Waals surface area contributed by atoms with Crippen LogP contribution in [0.1, 0.15) is 0 Å². The third-order valence-electron chi connectivity index (χ3n) is 7.11. The van der Waals surface area contributed by atoms with Crippen molar-refractivity contribution in [2.75, 3.05) is 13.2 Å². The van der Waals surface area contributed by atoms with E-state index in [-0.39, 0.29) is 39.7 Å². The van der Waals surface area contributed by atoms with Crippen LogP contribution >= 0.6 is 0 Å². The predicted molar refractivity (Wildman–Crippen MR) is 138 cm³/mol. The summed E-state index contributed by atoms with van der Waals surface area (Å²) in [6, 6.07) is 9.41. The van der Waals surface area contributed by atoms with Gasteiger partial charge in [0.2, 0.25) is 18.3 Å². The molecule has 10 atom stereocenters. The highest BCUT2D eigenvalue weighted by atomic mass is 16.7. The van der Waals surface area contributed by atoms with E-state index in [1.165, 1.54) is 36.4 Å². The van der Waals surface area contributed by atoms with Crippen LogP contribution in [0.2, 0.25) is 0 Å². The molecule has 5 rings (SSSR count). The Kier molecular flexibility index (Phi) is 8.68. The van der Waals surface area contributed by atoms with Gasteiger partial charge in [0.05, 0.1) is 24.8 Å². The van der Waals surface area contributed by atoms with Crippen LogP contribution in [0.5, 0.6) is 23.0 Å². The van der Waals surface area contributed by atoms with Crippen molar-refractivity contribution in [1.29, 1.82) is 0 Å². The van der Waals surface area contributed by atoms with Crippen LogP contribution in [-0.2, 0) is 9.47 Å². The fourth-order valence-electron chi connectivity index (χ4n) is 4.75. The molecule has 15 heteroatoms. The normalized spacial score (nSPS) is 33.4. The number of aliphatic hydroxyl groups is 8. The standard InChI is InChI=1S/C27H30O15/c28-8-17-19(32)21(34)23(36)26(41-17)39-15-6-12(31)5-14-13(15)7-16(25(38-14)10-1-3-11(30)4-2-10)40-27-24(37)22(35)20(33)18(9-29)42-27/h1-7,17-24,26-29,32-37H,8-9H2,(H-,30,31)/p+1/t17-,18-,19-,20-,21+,22+,23-,24-,26-,27-/m1/s1. The number of aromatic hydroxyl groups is 2. The molecule has 0 amide bonds. The highest BCUT2D eigenvalue weighted by Gasteiger charge is 2.47. The minimum atomic E-state index is -1.77. The monoisotopic (exact) mass is 595 g/mol. The molecule has 2 fully saturated rings. The van der Waals surface area contributed by atoms with Crippen molar-refractivity contribution in [2.24, 2.45) is 0 Å². The van der Waals surface area contributed by atoms with Crippen LogP contribution in [0.4, 0.5) is 0 Å².